The number of benzene rings is 1. The van der Waals surface area contributed by atoms with E-state index in [1.165, 1.54) is 11.8 Å². The Balaban J connectivity index is 1.98. The lowest BCUT2D eigenvalue weighted by atomic mass is 10.2. The maximum Gasteiger partial charge on any atom is 0.267 e. The summed E-state index contributed by atoms with van der Waals surface area (Å²) < 4.78 is 0. The van der Waals surface area contributed by atoms with Crippen LogP contribution in [0.15, 0.2) is 65.0 Å². The molecule has 0 bridgehead atoms. The van der Waals surface area contributed by atoms with Crippen molar-refractivity contribution in [1.29, 1.82) is 0 Å². The van der Waals surface area contributed by atoms with Crippen LogP contribution >= 0.6 is 11.8 Å². The SMILES string of the molecule is C=CCN1C(=O)/C(=C/c2ccccc2O)S/C1=N/c1cccc(C)n1. The molecule has 0 unspecified atom stereocenters. The average molecular weight is 351 g/mol. The van der Waals surface area contributed by atoms with Crippen molar-refractivity contribution < 1.29 is 9.90 Å². The van der Waals surface area contributed by atoms with Crippen LogP contribution in [0, 0.1) is 6.92 Å². The van der Waals surface area contributed by atoms with Crippen LogP contribution in [-0.4, -0.2) is 32.6 Å². The van der Waals surface area contributed by atoms with Crippen molar-refractivity contribution in [2.24, 2.45) is 4.99 Å². The minimum atomic E-state index is -0.167. The van der Waals surface area contributed by atoms with Crippen LogP contribution in [0.4, 0.5) is 5.82 Å². The number of phenols is 1. The predicted octanol–water partition coefficient (Wildman–Crippen LogP) is 3.89. The minimum absolute atomic E-state index is 0.129. The highest BCUT2D eigenvalue weighted by Gasteiger charge is 2.32. The second-order valence-corrected chi connectivity index (χ2v) is 6.41. The van der Waals surface area contributed by atoms with E-state index in [4.69, 9.17) is 0 Å². The molecule has 0 aliphatic carbocycles. The monoisotopic (exact) mass is 351 g/mol. The van der Waals surface area contributed by atoms with Gasteiger partial charge in [-0.15, -0.1) is 6.58 Å². The van der Waals surface area contributed by atoms with Crippen molar-refractivity contribution in [3.05, 3.63) is 71.3 Å². The molecule has 0 radical (unpaired) electrons. The van der Waals surface area contributed by atoms with Crippen molar-refractivity contribution in [3.8, 4) is 5.75 Å². The number of amides is 1. The number of hydrogen-bond donors (Lipinski definition) is 1. The van der Waals surface area contributed by atoms with E-state index in [0.717, 1.165) is 5.69 Å². The molecular formula is C19H17N3O2S. The van der Waals surface area contributed by atoms with Gasteiger partial charge in [0.2, 0.25) is 0 Å². The van der Waals surface area contributed by atoms with Gasteiger partial charge in [0, 0.05) is 17.8 Å². The maximum atomic E-state index is 12.7. The van der Waals surface area contributed by atoms with Gasteiger partial charge in [-0.3, -0.25) is 9.69 Å². The fraction of sp³-hybridized carbons (Fsp3) is 0.105. The Kier molecular flexibility index (Phi) is 5.00. The number of pyridine rings is 1. The topological polar surface area (TPSA) is 65.8 Å². The summed E-state index contributed by atoms with van der Waals surface area (Å²) in [5.74, 6) is 0.511. The van der Waals surface area contributed by atoms with E-state index in [2.05, 4.69) is 16.6 Å². The smallest absolute Gasteiger partial charge is 0.267 e. The molecule has 1 amide bonds. The number of carbonyl (C=O) groups is 1. The molecule has 1 N–H and O–H groups in total. The Morgan fingerprint density at radius 2 is 2.08 bits per heavy atom. The first-order chi connectivity index (χ1) is 12.1. The second kappa shape index (κ2) is 7.36. The third-order valence-corrected chi connectivity index (χ3v) is 4.51. The zero-order chi connectivity index (χ0) is 17.8. The van der Waals surface area contributed by atoms with Crippen LogP contribution in [-0.2, 0) is 4.79 Å². The Hall–Kier alpha value is -2.86. The molecule has 2 heterocycles. The summed E-state index contributed by atoms with van der Waals surface area (Å²) in [5.41, 5.74) is 1.45. The van der Waals surface area contributed by atoms with Gasteiger partial charge in [-0.1, -0.05) is 30.3 Å². The summed E-state index contributed by atoms with van der Waals surface area (Å²) in [6, 6.07) is 12.4. The molecule has 1 aromatic heterocycles. The zero-order valence-corrected chi connectivity index (χ0v) is 14.5. The van der Waals surface area contributed by atoms with Crippen LogP contribution in [0.3, 0.4) is 0 Å². The number of aryl methyl sites for hydroxylation is 1. The Labute approximate surface area is 150 Å². The Morgan fingerprint density at radius 1 is 1.28 bits per heavy atom. The van der Waals surface area contributed by atoms with Crippen LogP contribution in [0.1, 0.15) is 11.3 Å². The molecular weight excluding hydrogens is 334 g/mol. The number of phenolic OH excluding ortho intramolecular Hbond substituents is 1. The molecule has 0 saturated carbocycles. The number of aromatic hydroxyl groups is 1. The lowest BCUT2D eigenvalue weighted by Gasteiger charge is -2.12. The van der Waals surface area contributed by atoms with E-state index >= 15 is 0 Å². The summed E-state index contributed by atoms with van der Waals surface area (Å²) in [5, 5.41) is 10.5. The first kappa shape index (κ1) is 17.0. The average Bonchev–Trinajstić information content (AvgIpc) is 2.86. The van der Waals surface area contributed by atoms with Gasteiger partial charge in [0.1, 0.15) is 5.75 Å². The lowest BCUT2D eigenvalue weighted by Crippen LogP contribution is -2.29. The van der Waals surface area contributed by atoms with E-state index in [9.17, 15) is 9.90 Å². The predicted molar refractivity (Wildman–Crippen MR) is 102 cm³/mol. The Morgan fingerprint density at radius 3 is 2.80 bits per heavy atom. The summed E-state index contributed by atoms with van der Waals surface area (Å²) in [4.78, 5) is 23.6. The van der Waals surface area contributed by atoms with E-state index in [-0.39, 0.29) is 11.7 Å². The Bertz CT molecular complexity index is 890. The van der Waals surface area contributed by atoms with E-state index < -0.39 is 0 Å². The fourth-order valence-electron chi connectivity index (χ4n) is 2.32. The number of rotatable bonds is 4. The highest BCUT2D eigenvalue weighted by atomic mass is 32.2. The summed E-state index contributed by atoms with van der Waals surface area (Å²) in [6.45, 7) is 5.95. The van der Waals surface area contributed by atoms with Gasteiger partial charge in [-0.25, -0.2) is 9.98 Å². The summed E-state index contributed by atoms with van der Waals surface area (Å²) in [6.07, 6.45) is 3.32. The van der Waals surface area contributed by atoms with Gasteiger partial charge in [0.25, 0.3) is 5.91 Å². The van der Waals surface area contributed by atoms with Crippen molar-refractivity contribution in [1.82, 2.24) is 9.88 Å². The minimum Gasteiger partial charge on any atom is -0.507 e. The highest BCUT2D eigenvalue weighted by Crippen LogP contribution is 2.35. The quantitative estimate of drug-likeness (QED) is 0.670. The van der Waals surface area contributed by atoms with E-state index in [1.807, 2.05) is 25.1 Å². The van der Waals surface area contributed by atoms with E-state index in [0.29, 0.717) is 28.0 Å². The molecule has 5 nitrogen and oxygen atoms in total. The number of amidine groups is 1. The van der Waals surface area contributed by atoms with Crippen molar-refractivity contribution in [2.75, 3.05) is 6.54 Å². The molecule has 3 rings (SSSR count). The molecule has 0 atom stereocenters. The second-order valence-electron chi connectivity index (χ2n) is 5.41. The summed E-state index contributed by atoms with van der Waals surface area (Å²) in [7, 11) is 0. The molecule has 1 aromatic carbocycles. The first-order valence-corrected chi connectivity index (χ1v) is 8.53. The van der Waals surface area contributed by atoms with Crippen molar-refractivity contribution >= 4 is 34.7 Å². The molecule has 2 aromatic rings. The van der Waals surface area contributed by atoms with Gasteiger partial charge in [-0.2, -0.15) is 0 Å². The van der Waals surface area contributed by atoms with E-state index in [1.54, 1.807) is 41.3 Å². The molecule has 1 fully saturated rings. The summed E-state index contributed by atoms with van der Waals surface area (Å²) >= 11 is 1.26. The molecule has 6 heteroatoms. The first-order valence-electron chi connectivity index (χ1n) is 7.71. The third-order valence-electron chi connectivity index (χ3n) is 3.51. The largest absolute Gasteiger partial charge is 0.507 e. The molecule has 1 aliphatic heterocycles. The highest BCUT2D eigenvalue weighted by molar-refractivity contribution is 8.18. The number of para-hydroxylation sites is 1. The fourth-order valence-corrected chi connectivity index (χ4v) is 3.31. The number of thioether (sulfide) groups is 1. The van der Waals surface area contributed by atoms with Crippen LogP contribution in [0.25, 0.3) is 6.08 Å². The van der Waals surface area contributed by atoms with Gasteiger partial charge >= 0.3 is 0 Å². The number of aliphatic imine (C=N–C) groups is 1. The van der Waals surface area contributed by atoms with Crippen molar-refractivity contribution in [2.45, 2.75) is 6.92 Å². The standard InChI is InChI=1S/C19H17N3O2S/c1-3-11-22-18(24)16(12-14-8-4-5-9-15(14)23)25-19(22)21-17-10-6-7-13(2)20-17/h3-10,12,23H,1,11H2,2H3/b16-12-,21-19+. The molecule has 1 aliphatic rings. The van der Waals surface area contributed by atoms with Crippen LogP contribution in [0.2, 0.25) is 0 Å². The molecule has 0 spiro atoms. The number of hydrogen-bond acceptors (Lipinski definition) is 5. The van der Waals surface area contributed by atoms with Crippen molar-refractivity contribution in [3.63, 3.8) is 0 Å². The van der Waals surface area contributed by atoms with Gasteiger partial charge in [-0.05, 0) is 43.0 Å². The van der Waals surface area contributed by atoms with Gasteiger partial charge in [0.15, 0.2) is 11.0 Å². The lowest BCUT2D eigenvalue weighted by molar-refractivity contribution is -0.121. The zero-order valence-electron chi connectivity index (χ0n) is 13.7. The number of nitrogens with zero attached hydrogens (tertiary/aromatic N) is 3. The number of aromatic nitrogens is 1. The normalized spacial score (nSPS) is 17.5. The molecule has 126 valence electrons. The maximum absolute atomic E-state index is 12.7. The van der Waals surface area contributed by atoms with Crippen LogP contribution < -0.4 is 0 Å². The molecule has 25 heavy (non-hydrogen) atoms. The van der Waals surface area contributed by atoms with Gasteiger partial charge in [0.05, 0.1) is 4.91 Å². The third kappa shape index (κ3) is 3.80. The van der Waals surface area contributed by atoms with Crippen LogP contribution in [0.5, 0.6) is 5.75 Å². The number of carbonyl (C=O) groups excluding carboxylic acids is 1. The van der Waals surface area contributed by atoms with Gasteiger partial charge < -0.3 is 5.11 Å². The molecule has 1 saturated heterocycles.